The highest BCUT2D eigenvalue weighted by Crippen LogP contribution is 2.43. The molecule has 35 heavy (non-hydrogen) atoms. The highest BCUT2D eigenvalue weighted by atomic mass is 32.1. The normalized spacial score (nSPS) is 17.3. The van der Waals surface area contributed by atoms with Crippen LogP contribution in [-0.4, -0.2) is 27.8 Å². The first-order valence-electron chi connectivity index (χ1n) is 11.2. The first kappa shape index (κ1) is 22.6. The van der Waals surface area contributed by atoms with E-state index in [1.54, 1.807) is 36.5 Å². The van der Waals surface area contributed by atoms with Gasteiger partial charge < -0.3 is 24.5 Å². The first-order chi connectivity index (χ1) is 17.1. The van der Waals surface area contributed by atoms with Gasteiger partial charge in [0.2, 0.25) is 0 Å². The Hall–Kier alpha value is -4.17. The quantitative estimate of drug-likeness (QED) is 0.326. The number of hydrogen-bond donors (Lipinski definition) is 2. The number of hydrogen-bond acceptors (Lipinski definition) is 5. The molecule has 2 aromatic carbocycles. The lowest BCUT2D eigenvalue weighted by atomic mass is 10.0. The summed E-state index contributed by atoms with van der Waals surface area (Å²) in [6.07, 6.45) is 1.74. The predicted octanol–water partition coefficient (Wildman–Crippen LogP) is 5.62. The Morgan fingerprint density at radius 3 is 2.57 bits per heavy atom. The van der Waals surface area contributed by atoms with Crippen molar-refractivity contribution in [2.75, 3.05) is 11.5 Å². The molecule has 2 N–H and O–H groups in total. The van der Waals surface area contributed by atoms with E-state index in [4.69, 9.17) is 21.4 Å². The second-order valence-corrected chi connectivity index (χ2v) is 8.36. The summed E-state index contributed by atoms with van der Waals surface area (Å²) < 4.78 is 11.9. The molecule has 1 fully saturated rings. The van der Waals surface area contributed by atoms with Gasteiger partial charge in [0.1, 0.15) is 23.3 Å². The van der Waals surface area contributed by atoms with E-state index in [2.05, 4.69) is 10.3 Å². The van der Waals surface area contributed by atoms with Gasteiger partial charge in [0.15, 0.2) is 5.11 Å². The summed E-state index contributed by atoms with van der Waals surface area (Å²) in [5.41, 5.74) is 2.38. The van der Waals surface area contributed by atoms with E-state index in [0.29, 0.717) is 28.8 Å². The van der Waals surface area contributed by atoms with E-state index in [1.807, 2.05) is 60.4 Å². The average Bonchev–Trinajstić information content (AvgIpc) is 3.50. The fourth-order valence-electron chi connectivity index (χ4n) is 4.33. The molecule has 1 aliphatic heterocycles. The smallest absolute Gasteiger partial charge is 0.336 e. The van der Waals surface area contributed by atoms with Crippen LogP contribution in [0, 0.1) is 0 Å². The highest BCUT2D eigenvalue weighted by molar-refractivity contribution is 7.80. The van der Waals surface area contributed by atoms with Gasteiger partial charge in [-0.2, -0.15) is 0 Å². The molecule has 1 saturated heterocycles. The van der Waals surface area contributed by atoms with Crippen LogP contribution in [0.25, 0.3) is 11.3 Å². The van der Waals surface area contributed by atoms with Gasteiger partial charge in [-0.3, -0.25) is 4.98 Å². The number of pyridine rings is 1. The van der Waals surface area contributed by atoms with Crippen LogP contribution in [0.2, 0.25) is 0 Å². The predicted molar refractivity (Wildman–Crippen MR) is 137 cm³/mol. The van der Waals surface area contributed by atoms with Gasteiger partial charge in [-0.05, 0) is 73.7 Å². The molecule has 176 valence electrons. The molecule has 1 aliphatic rings. The van der Waals surface area contributed by atoms with Crippen molar-refractivity contribution in [3.8, 4) is 17.1 Å². The van der Waals surface area contributed by atoms with Gasteiger partial charge in [0, 0.05) is 17.4 Å². The molecule has 0 unspecified atom stereocenters. The summed E-state index contributed by atoms with van der Waals surface area (Å²) in [4.78, 5) is 18.3. The lowest BCUT2D eigenvalue weighted by molar-refractivity contribution is 0.0697. The summed E-state index contributed by atoms with van der Waals surface area (Å²) in [5.74, 6) is 0.877. The second-order valence-electron chi connectivity index (χ2n) is 7.98. The summed E-state index contributed by atoms with van der Waals surface area (Å²) in [5, 5.41) is 13.6. The number of ether oxygens (including phenoxy) is 1. The molecule has 0 radical (unpaired) electrons. The van der Waals surface area contributed by atoms with Gasteiger partial charge in [-0.1, -0.05) is 24.3 Å². The Kier molecular flexibility index (Phi) is 6.20. The number of carboxylic acid groups (broad SMARTS) is 1. The monoisotopic (exact) mass is 485 g/mol. The molecule has 0 bridgehead atoms. The number of aromatic carboxylic acids is 1. The molecule has 7 nitrogen and oxygen atoms in total. The van der Waals surface area contributed by atoms with Crippen molar-refractivity contribution in [3.63, 3.8) is 0 Å². The van der Waals surface area contributed by atoms with Crippen LogP contribution in [0.1, 0.15) is 40.8 Å². The van der Waals surface area contributed by atoms with Crippen molar-refractivity contribution in [1.82, 2.24) is 10.3 Å². The van der Waals surface area contributed by atoms with E-state index in [9.17, 15) is 9.90 Å². The van der Waals surface area contributed by atoms with Crippen LogP contribution in [0.4, 0.5) is 5.69 Å². The lowest BCUT2D eigenvalue weighted by Crippen LogP contribution is -2.29. The van der Waals surface area contributed by atoms with Crippen LogP contribution in [-0.2, 0) is 0 Å². The molecule has 0 aliphatic carbocycles. The number of carbonyl (C=O) groups is 1. The molecular weight excluding hydrogens is 462 g/mol. The minimum Gasteiger partial charge on any atom is -0.494 e. The summed E-state index contributed by atoms with van der Waals surface area (Å²) in [6.45, 7) is 2.53. The van der Waals surface area contributed by atoms with E-state index >= 15 is 0 Å². The number of rotatable bonds is 7. The Bertz CT molecular complexity index is 1350. The maximum atomic E-state index is 11.8. The van der Waals surface area contributed by atoms with Gasteiger partial charge >= 0.3 is 5.97 Å². The summed E-state index contributed by atoms with van der Waals surface area (Å²) in [6, 6.07) is 23.3. The van der Waals surface area contributed by atoms with Crippen molar-refractivity contribution in [2.24, 2.45) is 0 Å². The summed E-state index contributed by atoms with van der Waals surface area (Å²) >= 11 is 5.75. The first-order valence-corrected chi connectivity index (χ1v) is 11.6. The molecule has 3 heterocycles. The zero-order valence-electron chi connectivity index (χ0n) is 18.9. The maximum absolute atomic E-state index is 11.8. The van der Waals surface area contributed by atoms with Crippen LogP contribution >= 0.6 is 12.2 Å². The topological polar surface area (TPSA) is 87.8 Å². The van der Waals surface area contributed by atoms with Gasteiger partial charge in [0.25, 0.3) is 0 Å². The van der Waals surface area contributed by atoms with Gasteiger partial charge in [-0.15, -0.1) is 0 Å². The number of benzene rings is 2. The number of carboxylic acids is 1. The van der Waals surface area contributed by atoms with E-state index in [0.717, 1.165) is 17.1 Å². The molecule has 5 rings (SSSR count). The molecule has 4 aromatic rings. The summed E-state index contributed by atoms with van der Waals surface area (Å²) in [7, 11) is 0. The second kappa shape index (κ2) is 9.60. The standard InChI is InChI=1S/C27H23N3O4S/c1-2-33-18-12-10-17(11-13-18)30-25(24(29-27(30)35)21-9-5-6-16-28-21)23-15-14-22(34-23)19-7-3-4-8-20(19)26(31)32/h3-16,24-25H,2H2,1H3,(H,29,35)(H,31,32)/t24-,25+/m0/s1. The fourth-order valence-corrected chi connectivity index (χ4v) is 4.68. The van der Waals surface area contributed by atoms with E-state index < -0.39 is 5.97 Å². The molecule has 0 spiro atoms. The Balaban J connectivity index is 1.58. The zero-order valence-corrected chi connectivity index (χ0v) is 19.7. The third-order valence-corrected chi connectivity index (χ3v) is 6.18. The molecule has 0 saturated carbocycles. The fraction of sp³-hybridized carbons (Fsp3) is 0.148. The van der Waals surface area contributed by atoms with Gasteiger partial charge in [-0.25, -0.2) is 4.79 Å². The number of nitrogens with zero attached hydrogens (tertiary/aromatic N) is 2. The third kappa shape index (κ3) is 4.36. The molecular formula is C27H23N3O4S. The maximum Gasteiger partial charge on any atom is 0.336 e. The van der Waals surface area contributed by atoms with Crippen molar-refractivity contribution in [2.45, 2.75) is 19.0 Å². The molecule has 8 heteroatoms. The third-order valence-electron chi connectivity index (χ3n) is 5.87. The molecule has 2 aromatic heterocycles. The minimum atomic E-state index is -1.01. The average molecular weight is 486 g/mol. The number of aromatic nitrogens is 1. The highest BCUT2D eigenvalue weighted by Gasteiger charge is 2.42. The lowest BCUT2D eigenvalue weighted by Gasteiger charge is -2.26. The number of furan rings is 1. The number of anilines is 1. The van der Waals surface area contributed by atoms with Crippen molar-refractivity contribution < 1.29 is 19.1 Å². The van der Waals surface area contributed by atoms with Crippen LogP contribution < -0.4 is 15.0 Å². The molecule has 0 amide bonds. The van der Waals surface area contributed by atoms with E-state index in [1.165, 1.54) is 0 Å². The Labute approximate surface area is 208 Å². The number of nitrogens with one attached hydrogen (secondary N) is 1. The SMILES string of the molecule is CCOc1ccc(N2C(=S)N[C@@H](c3ccccn3)[C@H]2c2ccc(-c3ccccc3C(=O)O)o2)cc1. The van der Waals surface area contributed by atoms with Crippen molar-refractivity contribution in [1.29, 1.82) is 0 Å². The minimum absolute atomic E-state index is 0.179. The largest absolute Gasteiger partial charge is 0.494 e. The van der Waals surface area contributed by atoms with E-state index in [-0.39, 0.29) is 17.6 Å². The van der Waals surface area contributed by atoms with Crippen LogP contribution in [0.5, 0.6) is 5.75 Å². The number of thiocarbonyl (C=S) groups is 1. The van der Waals surface area contributed by atoms with Crippen molar-refractivity contribution >= 4 is 29.0 Å². The Morgan fingerprint density at radius 1 is 1.09 bits per heavy atom. The molecule has 2 atom stereocenters. The Morgan fingerprint density at radius 2 is 1.86 bits per heavy atom. The van der Waals surface area contributed by atoms with Crippen molar-refractivity contribution in [3.05, 3.63) is 102 Å². The van der Waals surface area contributed by atoms with Crippen LogP contribution in [0.3, 0.4) is 0 Å². The van der Waals surface area contributed by atoms with Gasteiger partial charge in [0.05, 0.1) is 23.9 Å². The van der Waals surface area contributed by atoms with Crippen LogP contribution in [0.15, 0.2) is 89.5 Å². The zero-order chi connectivity index (χ0) is 24.4.